The highest BCUT2D eigenvalue weighted by atomic mass is 19.1. The molecule has 3 aliphatic rings. The Bertz CT molecular complexity index is 1350. The largest absolute Gasteiger partial charge is 0.339 e. The number of rotatable bonds is 4. The molecule has 1 unspecified atom stereocenters. The molecular weight excluding hydrogens is 489 g/mol. The van der Waals surface area contributed by atoms with E-state index in [4.69, 9.17) is 0 Å². The van der Waals surface area contributed by atoms with Gasteiger partial charge < -0.3 is 15.1 Å². The van der Waals surface area contributed by atoms with Gasteiger partial charge in [0.25, 0.3) is 11.8 Å². The van der Waals surface area contributed by atoms with E-state index in [1.54, 1.807) is 12.1 Å². The van der Waals surface area contributed by atoms with Crippen molar-refractivity contribution in [3.05, 3.63) is 94.8 Å². The number of benzene rings is 3. The number of hydrogen-bond donors (Lipinski definition) is 1. The monoisotopic (exact) mass is 525 g/mol. The molecule has 3 aromatic carbocycles. The van der Waals surface area contributed by atoms with E-state index in [-0.39, 0.29) is 23.7 Å². The Kier molecular flexibility index (Phi) is 6.98. The third kappa shape index (κ3) is 5.22. The van der Waals surface area contributed by atoms with E-state index in [1.807, 2.05) is 47.2 Å². The third-order valence-corrected chi connectivity index (χ3v) is 9.28. The highest BCUT2D eigenvalue weighted by Crippen LogP contribution is 2.37. The number of carbonyl (C=O) groups is 2. The van der Waals surface area contributed by atoms with Crippen molar-refractivity contribution in [2.75, 3.05) is 33.2 Å². The zero-order valence-electron chi connectivity index (χ0n) is 22.6. The van der Waals surface area contributed by atoms with Crippen molar-refractivity contribution in [3.63, 3.8) is 0 Å². The van der Waals surface area contributed by atoms with E-state index in [2.05, 4.69) is 17.4 Å². The highest BCUT2D eigenvalue weighted by molar-refractivity contribution is 5.95. The van der Waals surface area contributed by atoms with E-state index < -0.39 is 0 Å². The number of aryl methyl sites for hydroxylation is 1. The minimum atomic E-state index is -0.263. The van der Waals surface area contributed by atoms with Gasteiger partial charge in [0.05, 0.1) is 0 Å². The van der Waals surface area contributed by atoms with Crippen molar-refractivity contribution in [2.24, 2.45) is 5.41 Å². The van der Waals surface area contributed by atoms with E-state index in [0.717, 1.165) is 75.0 Å². The number of likely N-dealkylation sites (tertiary alicyclic amines) is 1. The molecule has 6 heteroatoms. The topological polar surface area (TPSA) is 52.7 Å². The lowest BCUT2D eigenvalue weighted by Crippen LogP contribution is -2.44. The van der Waals surface area contributed by atoms with Gasteiger partial charge in [0.2, 0.25) is 0 Å². The molecule has 3 aromatic rings. The number of hydrogen-bond acceptors (Lipinski definition) is 3. The van der Waals surface area contributed by atoms with Crippen LogP contribution in [0.1, 0.15) is 57.5 Å². The molecule has 1 N–H and O–H groups in total. The molecule has 0 aromatic heterocycles. The number of nitrogens with one attached hydrogen (secondary N) is 1. The maximum Gasteiger partial charge on any atom is 0.253 e. The average Bonchev–Trinajstić information content (AvgIpc) is 3.44. The van der Waals surface area contributed by atoms with Gasteiger partial charge in [-0.05, 0) is 109 Å². The number of likely N-dealkylation sites (N-methyl/N-ethyl adjacent to an activating group) is 1. The smallest absolute Gasteiger partial charge is 0.253 e. The molecule has 1 spiro atoms. The molecule has 6 rings (SSSR count). The van der Waals surface area contributed by atoms with Crippen LogP contribution in [0.25, 0.3) is 11.1 Å². The molecule has 1 atom stereocenters. The van der Waals surface area contributed by atoms with Crippen molar-refractivity contribution in [1.29, 1.82) is 0 Å². The van der Waals surface area contributed by atoms with Gasteiger partial charge in [-0.15, -0.1) is 0 Å². The predicted octanol–water partition coefficient (Wildman–Crippen LogP) is 5.34. The first-order valence-corrected chi connectivity index (χ1v) is 14.2. The molecule has 5 nitrogen and oxygen atoms in total. The Morgan fingerprint density at radius 1 is 0.897 bits per heavy atom. The van der Waals surface area contributed by atoms with Crippen molar-refractivity contribution in [1.82, 2.24) is 15.1 Å². The summed E-state index contributed by atoms with van der Waals surface area (Å²) in [6, 6.07) is 20.2. The predicted molar refractivity (Wildman–Crippen MR) is 151 cm³/mol. The van der Waals surface area contributed by atoms with Crippen LogP contribution in [-0.2, 0) is 12.8 Å². The van der Waals surface area contributed by atoms with Gasteiger partial charge in [0.1, 0.15) is 5.82 Å². The van der Waals surface area contributed by atoms with Crippen LogP contribution in [0.3, 0.4) is 0 Å². The van der Waals surface area contributed by atoms with Gasteiger partial charge in [0.15, 0.2) is 0 Å². The maximum atomic E-state index is 13.3. The van der Waals surface area contributed by atoms with Gasteiger partial charge in [-0.25, -0.2) is 4.39 Å². The SMILES string of the molecule is CN(C(=O)c1ccc(-c2ccc(F)cc2)cc1)C1CCc2cc(C(=O)N3CCC4(CCNC4)CC3)ccc2C1. The van der Waals surface area contributed by atoms with Crippen molar-refractivity contribution in [3.8, 4) is 11.1 Å². The molecule has 2 aliphatic heterocycles. The van der Waals surface area contributed by atoms with E-state index in [0.29, 0.717) is 11.0 Å². The van der Waals surface area contributed by atoms with Gasteiger partial charge in [0, 0.05) is 43.9 Å². The summed E-state index contributed by atoms with van der Waals surface area (Å²) >= 11 is 0. The fourth-order valence-electron chi connectivity index (χ4n) is 6.61. The molecule has 2 fully saturated rings. The summed E-state index contributed by atoms with van der Waals surface area (Å²) in [6.07, 6.45) is 5.93. The Hall–Kier alpha value is -3.51. The van der Waals surface area contributed by atoms with E-state index in [1.165, 1.54) is 29.7 Å². The lowest BCUT2D eigenvalue weighted by Gasteiger charge is -2.39. The molecule has 1 aliphatic carbocycles. The Morgan fingerprint density at radius 2 is 1.56 bits per heavy atom. The molecule has 0 radical (unpaired) electrons. The van der Waals surface area contributed by atoms with Gasteiger partial charge in [-0.2, -0.15) is 0 Å². The molecular formula is C33H36FN3O2. The summed E-state index contributed by atoms with van der Waals surface area (Å²) in [5, 5.41) is 3.49. The number of piperidine rings is 1. The molecule has 2 amide bonds. The average molecular weight is 526 g/mol. The first kappa shape index (κ1) is 25.8. The van der Waals surface area contributed by atoms with Gasteiger partial charge in [-0.3, -0.25) is 9.59 Å². The standard InChI is InChI=1S/C33H36FN3O2/c1-36(31(38)25-4-2-23(3-5-25)24-8-11-29(34)12-9-24)30-13-10-26-20-28(7-6-27(26)21-30)32(39)37-18-15-33(16-19-37)14-17-35-22-33/h2-9,11-12,20,30,35H,10,13-19,21-22H2,1H3. The summed E-state index contributed by atoms with van der Waals surface area (Å²) < 4.78 is 13.2. The summed E-state index contributed by atoms with van der Waals surface area (Å²) in [4.78, 5) is 30.4. The van der Waals surface area contributed by atoms with Crippen molar-refractivity contribution < 1.29 is 14.0 Å². The minimum Gasteiger partial charge on any atom is -0.339 e. The number of carbonyl (C=O) groups excluding carboxylic acids is 2. The van der Waals surface area contributed by atoms with Crippen LogP contribution in [0.4, 0.5) is 4.39 Å². The van der Waals surface area contributed by atoms with Crippen LogP contribution in [0.15, 0.2) is 66.7 Å². The van der Waals surface area contributed by atoms with Crippen LogP contribution < -0.4 is 5.32 Å². The molecule has 0 saturated carbocycles. The van der Waals surface area contributed by atoms with E-state index >= 15 is 0 Å². The van der Waals surface area contributed by atoms with Crippen LogP contribution in [0, 0.1) is 11.2 Å². The summed E-state index contributed by atoms with van der Waals surface area (Å²) in [7, 11) is 1.88. The first-order valence-electron chi connectivity index (χ1n) is 14.2. The summed E-state index contributed by atoms with van der Waals surface area (Å²) in [5.41, 5.74) is 6.16. The number of nitrogens with zero attached hydrogens (tertiary/aromatic N) is 2. The second-order valence-corrected chi connectivity index (χ2v) is 11.6. The molecule has 0 bridgehead atoms. The van der Waals surface area contributed by atoms with Crippen LogP contribution in [0.5, 0.6) is 0 Å². The minimum absolute atomic E-state index is 0.00115. The van der Waals surface area contributed by atoms with Crippen LogP contribution >= 0.6 is 0 Å². The Morgan fingerprint density at radius 3 is 2.23 bits per heavy atom. The number of fused-ring (bicyclic) bond motifs is 1. The zero-order chi connectivity index (χ0) is 27.0. The van der Waals surface area contributed by atoms with E-state index in [9.17, 15) is 14.0 Å². The zero-order valence-corrected chi connectivity index (χ0v) is 22.6. The van der Waals surface area contributed by atoms with Gasteiger partial charge >= 0.3 is 0 Å². The number of halogens is 1. The Labute approximate surface area is 230 Å². The quantitative estimate of drug-likeness (QED) is 0.501. The molecule has 39 heavy (non-hydrogen) atoms. The third-order valence-electron chi connectivity index (χ3n) is 9.28. The lowest BCUT2D eigenvalue weighted by molar-refractivity contribution is 0.0607. The molecule has 202 valence electrons. The van der Waals surface area contributed by atoms with Crippen molar-refractivity contribution in [2.45, 2.75) is 44.6 Å². The summed E-state index contributed by atoms with van der Waals surface area (Å²) in [5.74, 6) is -0.112. The maximum absolute atomic E-state index is 13.3. The highest BCUT2D eigenvalue weighted by Gasteiger charge is 2.38. The fraction of sp³-hybridized carbons (Fsp3) is 0.394. The first-order chi connectivity index (χ1) is 18.9. The summed E-state index contributed by atoms with van der Waals surface area (Å²) in [6.45, 7) is 3.88. The molecule has 2 saturated heterocycles. The second-order valence-electron chi connectivity index (χ2n) is 11.6. The van der Waals surface area contributed by atoms with Crippen molar-refractivity contribution >= 4 is 11.8 Å². The fourth-order valence-corrected chi connectivity index (χ4v) is 6.61. The Balaban J connectivity index is 1.08. The normalized spacial score (nSPS) is 20.1. The van der Waals surface area contributed by atoms with Gasteiger partial charge in [-0.1, -0.05) is 30.3 Å². The number of amides is 2. The molecule has 2 heterocycles. The lowest BCUT2D eigenvalue weighted by atomic mass is 9.77. The second kappa shape index (κ2) is 10.6. The van der Waals surface area contributed by atoms with Crippen LogP contribution in [-0.4, -0.2) is 60.9 Å². The van der Waals surface area contributed by atoms with Crippen LogP contribution in [0.2, 0.25) is 0 Å².